The van der Waals surface area contributed by atoms with Crippen LogP contribution in [0.15, 0.2) is 0 Å². The van der Waals surface area contributed by atoms with Crippen molar-refractivity contribution >= 4 is 23.7 Å². The van der Waals surface area contributed by atoms with E-state index < -0.39 is 18.2 Å². The van der Waals surface area contributed by atoms with Gasteiger partial charge >= 0.3 is 6.03 Å². The van der Waals surface area contributed by atoms with Crippen LogP contribution in [0.4, 0.5) is 4.79 Å². The van der Waals surface area contributed by atoms with Crippen LogP contribution in [-0.2, 0) is 4.79 Å². The molecule has 94 valence electrons. The van der Waals surface area contributed by atoms with Gasteiger partial charge in [0.05, 0.1) is 6.10 Å². The standard InChI is InChI=1S/C9H19N3O3S/c1-6(13)5-11-8(14)7(3-4-16-2)12-9(10)15/h6-7,13H,3-5H2,1-2H3,(H,11,14)(H3,10,12,15). The third-order valence-corrected chi connectivity index (χ3v) is 2.46. The Morgan fingerprint density at radius 1 is 1.50 bits per heavy atom. The zero-order chi connectivity index (χ0) is 12.6. The maximum Gasteiger partial charge on any atom is 0.312 e. The number of urea groups is 1. The third kappa shape index (κ3) is 7.36. The third-order valence-electron chi connectivity index (χ3n) is 1.82. The molecule has 0 aliphatic carbocycles. The number of thioether (sulfide) groups is 1. The van der Waals surface area contributed by atoms with E-state index in [9.17, 15) is 9.59 Å². The van der Waals surface area contributed by atoms with E-state index in [-0.39, 0.29) is 12.5 Å². The van der Waals surface area contributed by atoms with Gasteiger partial charge in [-0.05, 0) is 25.4 Å². The Kier molecular flexibility index (Phi) is 7.74. The van der Waals surface area contributed by atoms with Crippen molar-refractivity contribution in [3.8, 4) is 0 Å². The number of amides is 3. The number of primary amides is 1. The molecule has 0 radical (unpaired) electrons. The minimum absolute atomic E-state index is 0.162. The highest BCUT2D eigenvalue weighted by atomic mass is 32.2. The lowest BCUT2D eigenvalue weighted by atomic mass is 10.2. The number of nitrogens with two attached hydrogens (primary N) is 1. The second kappa shape index (κ2) is 8.23. The number of aliphatic hydroxyl groups is 1. The van der Waals surface area contributed by atoms with Crippen LogP contribution in [0.3, 0.4) is 0 Å². The summed E-state index contributed by atoms with van der Waals surface area (Å²) in [5.41, 5.74) is 4.97. The van der Waals surface area contributed by atoms with Gasteiger partial charge in [-0.3, -0.25) is 4.79 Å². The van der Waals surface area contributed by atoms with Gasteiger partial charge in [-0.15, -0.1) is 0 Å². The first-order valence-corrected chi connectivity index (χ1v) is 6.37. The molecule has 5 N–H and O–H groups in total. The zero-order valence-corrected chi connectivity index (χ0v) is 10.3. The molecule has 0 saturated carbocycles. The second-order valence-corrected chi connectivity index (χ2v) is 4.42. The average Bonchev–Trinajstić information content (AvgIpc) is 2.20. The van der Waals surface area contributed by atoms with Crippen LogP contribution in [-0.4, -0.2) is 47.7 Å². The molecule has 0 fully saturated rings. The van der Waals surface area contributed by atoms with Gasteiger partial charge in [-0.25, -0.2) is 4.79 Å². The Labute approximate surface area is 99.3 Å². The van der Waals surface area contributed by atoms with E-state index in [0.717, 1.165) is 5.75 Å². The summed E-state index contributed by atoms with van der Waals surface area (Å²) >= 11 is 1.58. The van der Waals surface area contributed by atoms with Gasteiger partial charge in [-0.1, -0.05) is 0 Å². The van der Waals surface area contributed by atoms with Gasteiger partial charge < -0.3 is 21.5 Å². The molecule has 3 amide bonds. The van der Waals surface area contributed by atoms with Crippen LogP contribution >= 0.6 is 11.8 Å². The Hall–Kier alpha value is -0.950. The van der Waals surface area contributed by atoms with Crippen molar-refractivity contribution in [3.63, 3.8) is 0 Å². The van der Waals surface area contributed by atoms with Crippen LogP contribution in [0.5, 0.6) is 0 Å². The summed E-state index contributed by atoms with van der Waals surface area (Å²) in [5, 5.41) is 13.9. The summed E-state index contributed by atoms with van der Waals surface area (Å²) in [6.07, 6.45) is 1.81. The van der Waals surface area contributed by atoms with Gasteiger partial charge in [0.2, 0.25) is 5.91 Å². The molecule has 0 heterocycles. The van der Waals surface area contributed by atoms with Crippen molar-refractivity contribution in [3.05, 3.63) is 0 Å². The Balaban J connectivity index is 4.14. The molecular formula is C9H19N3O3S. The van der Waals surface area contributed by atoms with Gasteiger partial charge in [0.15, 0.2) is 0 Å². The monoisotopic (exact) mass is 249 g/mol. The molecule has 7 heteroatoms. The number of rotatable bonds is 7. The van der Waals surface area contributed by atoms with E-state index in [0.29, 0.717) is 6.42 Å². The predicted molar refractivity (Wildman–Crippen MR) is 64.2 cm³/mol. The quantitative estimate of drug-likeness (QED) is 0.477. The molecule has 0 saturated heterocycles. The maximum absolute atomic E-state index is 11.6. The SMILES string of the molecule is CSCCC(NC(N)=O)C(=O)NCC(C)O. The first-order chi connectivity index (χ1) is 7.47. The summed E-state index contributed by atoms with van der Waals surface area (Å²) in [7, 11) is 0. The van der Waals surface area contributed by atoms with E-state index in [1.165, 1.54) is 0 Å². The van der Waals surface area contributed by atoms with E-state index in [1.807, 2.05) is 6.26 Å². The summed E-state index contributed by atoms with van der Waals surface area (Å²) < 4.78 is 0. The predicted octanol–water partition coefficient (Wildman–Crippen LogP) is -0.727. The van der Waals surface area contributed by atoms with Crippen molar-refractivity contribution in [1.29, 1.82) is 0 Å². The largest absolute Gasteiger partial charge is 0.392 e. The topological polar surface area (TPSA) is 104 Å². The van der Waals surface area contributed by atoms with E-state index >= 15 is 0 Å². The molecule has 0 aliphatic rings. The number of hydrogen-bond acceptors (Lipinski definition) is 4. The maximum atomic E-state index is 11.6. The molecule has 0 bridgehead atoms. The highest BCUT2D eigenvalue weighted by Gasteiger charge is 2.19. The fourth-order valence-corrected chi connectivity index (χ4v) is 1.52. The van der Waals surface area contributed by atoms with Crippen LogP contribution in [0.2, 0.25) is 0 Å². The molecule has 0 aromatic carbocycles. The number of carbonyl (C=O) groups excluding carboxylic acids is 2. The van der Waals surface area contributed by atoms with E-state index in [4.69, 9.17) is 10.8 Å². The summed E-state index contributed by atoms with van der Waals surface area (Å²) in [5.74, 6) is 0.418. The molecule has 2 atom stereocenters. The van der Waals surface area contributed by atoms with Gasteiger partial charge in [-0.2, -0.15) is 11.8 Å². The van der Waals surface area contributed by atoms with Gasteiger partial charge in [0, 0.05) is 6.54 Å². The zero-order valence-electron chi connectivity index (χ0n) is 9.53. The number of hydrogen-bond donors (Lipinski definition) is 4. The molecular weight excluding hydrogens is 230 g/mol. The second-order valence-electron chi connectivity index (χ2n) is 3.44. The summed E-state index contributed by atoms with van der Waals surface area (Å²) in [4.78, 5) is 22.3. The molecule has 0 aliphatic heterocycles. The lowest BCUT2D eigenvalue weighted by Gasteiger charge is -2.17. The fourth-order valence-electron chi connectivity index (χ4n) is 1.05. The van der Waals surface area contributed by atoms with E-state index in [1.54, 1.807) is 18.7 Å². The molecule has 16 heavy (non-hydrogen) atoms. The summed E-state index contributed by atoms with van der Waals surface area (Å²) in [6, 6.07) is -1.36. The number of nitrogens with one attached hydrogen (secondary N) is 2. The number of carbonyl (C=O) groups is 2. The molecule has 2 unspecified atom stereocenters. The lowest BCUT2D eigenvalue weighted by Crippen LogP contribution is -2.49. The molecule has 0 spiro atoms. The molecule has 0 rings (SSSR count). The summed E-state index contributed by atoms with van der Waals surface area (Å²) in [6.45, 7) is 1.73. The molecule has 0 aromatic rings. The highest BCUT2D eigenvalue weighted by Crippen LogP contribution is 2.00. The normalized spacial score (nSPS) is 13.9. The molecule has 0 aromatic heterocycles. The van der Waals surface area contributed by atoms with Crippen LogP contribution in [0, 0.1) is 0 Å². The Morgan fingerprint density at radius 3 is 2.56 bits per heavy atom. The minimum Gasteiger partial charge on any atom is -0.392 e. The van der Waals surface area contributed by atoms with Crippen molar-refractivity contribution in [2.24, 2.45) is 5.73 Å². The van der Waals surface area contributed by atoms with Crippen LogP contribution < -0.4 is 16.4 Å². The minimum atomic E-state index is -0.724. The number of aliphatic hydroxyl groups excluding tert-OH is 1. The first-order valence-electron chi connectivity index (χ1n) is 4.98. The van der Waals surface area contributed by atoms with Crippen molar-refractivity contribution in [2.45, 2.75) is 25.5 Å². The van der Waals surface area contributed by atoms with Crippen LogP contribution in [0.25, 0.3) is 0 Å². The Bertz CT molecular complexity index is 236. The lowest BCUT2D eigenvalue weighted by molar-refractivity contribution is -0.123. The highest BCUT2D eigenvalue weighted by molar-refractivity contribution is 7.98. The van der Waals surface area contributed by atoms with Gasteiger partial charge in [0.25, 0.3) is 0 Å². The van der Waals surface area contributed by atoms with Crippen LogP contribution in [0.1, 0.15) is 13.3 Å². The first kappa shape index (κ1) is 15.0. The Morgan fingerprint density at radius 2 is 2.12 bits per heavy atom. The van der Waals surface area contributed by atoms with Crippen molar-refractivity contribution in [1.82, 2.24) is 10.6 Å². The molecule has 6 nitrogen and oxygen atoms in total. The fraction of sp³-hybridized carbons (Fsp3) is 0.778. The average molecular weight is 249 g/mol. The smallest absolute Gasteiger partial charge is 0.312 e. The van der Waals surface area contributed by atoms with Crippen molar-refractivity contribution < 1.29 is 14.7 Å². The van der Waals surface area contributed by atoms with Crippen molar-refractivity contribution in [2.75, 3.05) is 18.6 Å². The van der Waals surface area contributed by atoms with Gasteiger partial charge in [0.1, 0.15) is 6.04 Å². The van der Waals surface area contributed by atoms with E-state index in [2.05, 4.69) is 10.6 Å².